The van der Waals surface area contributed by atoms with Gasteiger partial charge in [0, 0.05) is 25.0 Å². The zero-order valence-corrected chi connectivity index (χ0v) is 16.5. The van der Waals surface area contributed by atoms with E-state index in [1.54, 1.807) is 12.3 Å². The van der Waals surface area contributed by atoms with Crippen molar-refractivity contribution in [2.24, 2.45) is 0 Å². The number of carbonyl (C=O) groups is 1. The van der Waals surface area contributed by atoms with E-state index in [1.807, 2.05) is 6.92 Å². The summed E-state index contributed by atoms with van der Waals surface area (Å²) in [7, 11) is -3.63. The Hall–Kier alpha value is -2.56. The van der Waals surface area contributed by atoms with Crippen molar-refractivity contribution in [1.29, 1.82) is 0 Å². The number of aromatic nitrogens is 4. The fourth-order valence-electron chi connectivity index (χ4n) is 3.02. The third-order valence-corrected chi connectivity index (χ3v) is 6.75. The number of amides is 1. The first-order valence-electron chi connectivity index (χ1n) is 8.66. The van der Waals surface area contributed by atoms with Crippen LogP contribution in [0.3, 0.4) is 0 Å². The number of aryl methyl sites for hydroxylation is 1. The Labute approximate surface area is 166 Å². The molecule has 3 aromatic rings. The minimum atomic E-state index is -3.63. The second-order valence-corrected chi connectivity index (χ2v) is 8.79. The number of anilines is 1. The molecule has 1 aliphatic rings. The van der Waals surface area contributed by atoms with Gasteiger partial charge in [-0.2, -0.15) is 9.29 Å². The van der Waals surface area contributed by atoms with Gasteiger partial charge in [0.15, 0.2) is 0 Å². The first-order chi connectivity index (χ1) is 13.4. The SMILES string of the molecule is Cc1ccnc2nc(C(=O)Nc3cc(S(=O)(=O)N4CCCC4)ccc3Cl)nn12. The van der Waals surface area contributed by atoms with Crippen LogP contribution in [0.4, 0.5) is 5.69 Å². The van der Waals surface area contributed by atoms with Crippen LogP contribution in [0.5, 0.6) is 0 Å². The summed E-state index contributed by atoms with van der Waals surface area (Å²) in [6.45, 7) is 2.79. The number of nitrogens with one attached hydrogen (secondary N) is 1. The van der Waals surface area contributed by atoms with Gasteiger partial charge in [-0.05, 0) is 44.0 Å². The number of hydrogen-bond donors (Lipinski definition) is 1. The average molecular weight is 421 g/mol. The van der Waals surface area contributed by atoms with Crippen molar-refractivity contribution in [3.8, 4) is 0 Å². The molecule has 1 aromatic carbocycles. The lowest BCUT2D eigenvalue weighted by atomic mass is 10.3. The van der Waals surface area contributed by atoms with Crippen molar-refractivity contribution in [3.63, 3.8) is 0 Å². The zero-order chi connectivity index (χ0) is 19.9. The van der Waals surface area contributed by atoms with Crippen LogP contribution in [0.1, 0.15) is 29.2 Å². The van der Waals surface area contributed by atoms with Gasteiger partial charge in [0.2, 0.25) is 15.8 Å². The van der Waals surface area contributed by atoms with E-state index in [2.05, 4.69) is 20.4 Å². The zero-order valence-electron chi connectivity index (χ0n) is 15.0. The normalized spacial score (nSPS) is 15.2. The van der Waals surface area contributed by atoms with Gasteiger partial charge in [0.25, 0.3) is 11.7 Å². The van der Waals surface area contributed by atoms with Crippen LogP contribution >= 0.6 is 11.6 Å². The van der Waals surface area contributed by atoms with Crippen LogP contribution in [0, 0.1) is 6.92 Å². The van der Waals surface area contributed by atoms with Crippen molar-refractivity contribution in [2.45, 2.75) is 24.7 Å². The molecule has 11 heteroatoms. The standard InChI is InChI=1S/C17H17ClN6O3S/c1-11-6-7-19-17-21-15(22-24(11)17)16(25)20-14-10-12(4-5-13(14)18)28(26,27)23-8-2-3-9-23/h4-7,10H,2-3,8-9H2,1H3,(H,20,25). The highest BCUT2D eigenvalue weighted by molar-refractivity contribution is 7.89. The van der Waals surface area contributed by atoms with Gasteiger partial charge in [-0.25, -0.2) is 17.9 Å². The summed E-state index contributed by atoms with van der Waals surface area (Å²) in [6.07, 6.45) is 3.25. The van der Waals surface area contributed by atoms with Crippen LogP contribution in [0.2, 0.25) is 5.02 Å². The number of carbonyl (C=O) groups excluding carboxylic acids is 1. The minimum Gasteiger partial charge on any atom is -0.318 e. The maximum Gasteiger partial charge on any atom is 0.295 e. The van der Waals surface area contributed by atoms with E-state index in [9.17, 15) is 13.2 Å². The fourth-order valence-corrected chi connectivity index (χ4v) is 4.73. The molecule has 1 amide bonds. The van der Waals surface area contributed by atoms with Gasteiger partial charge in [-0.1, -0.05) is 11.6 Å². The topological polar surface area (TPSA) is 110 Å². The summed E-state index contributed by atoms with van der Waals surface area (Å²) in [4.78, 5) is 20.8. The van der Waals surface area contributed by atoms with E-state index in [0.717, 1.165) is 18.5 Å². The number of hydrogen-bond acceptors (Lipinski definition) is 6. The van der Waals surface area contributed by atoms with Crippen molar-refractivity contribution < 1.29 is 13.2 Å². The molecule has 1 saturated heterocycles. The molecular weight excluding hydrogens is 404 g/mol. The fraction of sp³-hybridized carbons (Fsp3) is 0.294. The molecule has 1 N–H and O–H groups in total. The number of nitrogens with zero attached hydrogens (tertiary/aromatic N) is 5. The second kappa shape index (κ2) is 7.12. The number of halogens is 1. The highest BCUT2D eigenvalue weighted by Gasteiger charge is 2.28. The Balaban J connectivity index is 1.63. The van der Waals surface area contributed by atoms with Crippen LogP contribution in [0.15, 0.2) is 35.4 Å². The third-order valence-electron chi connectivity index (χ3n) is 4.52. The molecular formula is C17H17ClN6O3S. The van der Waals surface area contributed by atoms with Crippen LogP contribution in [0.25, 0.3) is 5.78 Å². The first-order valence-corrected chi connectivity index (χ1v) is 10.5. The molecule has 2 aromatic heterocycles. The van der Waals surface area contributed by atoms with Crippen molar-refractivity contribution in [3.05, 3.63) is 47.0 Å². The molecule has 1 fully saturated rings. The third kappa shape index (κ3) is 3.34. The predicted octanol–water partition coefficient (Wildman–Crippen LogP) is 2.12. The maximum absolute atomic E-state index is 12.7. The smallest absolute Gasteiger partial charge is 0.295 e. The molecule has 3 heterocycles. The highest BCUT2D eigenvalue weighted by atomic mass is 35.5. The Bertz CT molecular complexity index is 1170. The van der Waals surface area contributed by atoms with E-state index in [1.165, 1.54) is 27.0 Å². The molecule has 4 rings (SSSR count). The van der Waals surface area contributed by atoms with Gasteiger partial charge >= 0.3 is 0 Å². The number of benzene rings is 1. The van der Waals surface area contributed by atoms with Gasteiger partial charge in [-0.15, -0.1) is 5.10 Å². The van der Waals surface area contributed by atoms with E-state index < -0.39 is 15.9 Å². The molecule has 28 heavy (non-hydrogen) atoms. The summed E-state index contributed by atoms with van der Waals surface area (Å²) < 4.78 is 28.4. The average Bonchev–Trinajstić information content (AvgIpc) is 3.34. The molecule has 0 radical (unpaired) electrons. The number of sulfonamides is 1. The molecule has 0 unspecified atom stereocenters. The monoisotopic (exact) mass is 420 g/mol. The Kier molecular flexibility index (Phi) is 4.77. The molecule has 0 atom stereocenters. The van der Waals surface area contributed by atoms with Crippen LogP contribution < -0.4 is 5.32 Å². The largest absolute Gasteiger partial charge is 0.318 e. The van der Waals surface area contributed by atoms with Crippen LogP contribution in [-0.4, -0.2) is 51.3 Å². The quantitative estimate of drug-likeness (QED) is 0.692. The molecule has 1 aliphatic heterocycles. The maximum atomic E-state index is 12.7. The summed E-state index contributed by atoms with van der Waals surface area (Å²) >= 11 is 6.16. The summed E-state index contributed by atoms with van der Waals surface area (Å²) in [5.41, 5.74) is 0.948. The lowest BCUT2D eigenvalue weighted by Gasteiger charge is -2.16. The summed E-state index contributed by atoms with van der Waals surface area (Å²) in [6, 6.07) is 5.98. The van der Waals surface area contributed by atoms with Gasteiger partial charge in [0.1, 0.15) is 0 Å². The lowest BCUT2D eigenvalue weighted by molar-refractivity contribution is 0.101. The van der Waals surface area contributed by atoms with Crippen molar-refractivity contribution in [1.82, 2.24) is 23.9 Å². The molecule has 146 valence electrons. The molecule has 0 aliphatic carbocycles. The molecule has 9 nitrogen and oxygen atoms in total. The van der Waals surface area contributed by atoms with Gasteiger partial charge in [0.05, 0.1) is 15.6 Å². The van der Waals surface area contributed by atoms with E-state index in [0.29, 0.717) is 18.9 Å². The van der Waals surface area contributed by atoms with E-state index >= 15 is 0 Å². The van der Waals surface area contributed by atoms with Gasteiger partial charge < -0.3 is 5.32 Å². The van der Waals surface area contributed by atoms with Crippen molar-refractivity contribution >= 4 is 39.0 Å². The van der Waals surface area contributed by atoms with Crippen molar-refractivity contribution in [2.75, 3.05) is 18.4 Å². The Morgan fingerprint density at radius 3 is 2.68 bits per heavy atom. The van der Waals surface area contributed by atoms with Gasteiger partial charge in [-0.3, -0.25) is 4.79 Å². The minimum absolute atomic E-state index is 0.0783. The van der Waals surface area contributed by atoms with E-state index in [4.69, 9.17) is 11.6 Å². The Morgan fingerprint density at radius 2 is 1.96 bits per heavy atom. The Morgan fingerprint density at radius 1 is 1.21 bits per heavy atom. The van der Waals surface area contributed by atoms with Crippen LogP contribution in [-0.2, 0) is 10.0 Å². The highest BCUT2D eigenvalue weighted by Crippen LogP contribution is 2.28. The summed E-state index contributed by atoms with van der Waals surface area (Å²) in [5.74, 6) is -0.408. The first kappa shape index (κ1) is 18.8. The second-order valence-electron chi connectivity index (χ2n) is 6.44. The summed E-state index contributed by atoms with van der Waals surface area (Å²) in [5, 5.41) is 6.94. The molecule has 0 spiro atoms. The number of fused-ring (bicyclic) bond motifs is 1. The van der Waals surface area contributed by atoms with E-state index in [-0.39, 0.29) is 21.4 Å². The molecule has 0 bridgehead atoms. The molecule has 0 saturated carbocycles. The lowest BCUT2D eigenvalue weighted by Crippen LogP contribution is -2.28. The predicted molar refractivity (Wildman–Crippen MR) is 103 cm³/mol. The number of rotatable bonds is 4.